The number of nitrogens with one attached hydrogen (secondary N) is 1. The molecule has 2 fully saturated rings. The summed E-state index contributed by atoms with van der Waals surface area (Å²) in [6.07, 6.45) is 2.49. The van der Waals surface area contributed by atoms with Gasteiger partial charge in [-0.3, -0.25) is 4.79 Å². The van der Waals surface area contributed by atoms with Gasteiger partial charge in [0.15, 0.2) is 5.82 Å². The van der Waals surface area contributed by atoms with E-state index in [2.05, 4.69) is 15.5 Å². The number of hydrogen-bond acceptors (Lipinski definition) is 7. The third kappa shape index (κ3) is 2.95. The predicted molar refractivity (Wildman–Crippen MR) is 95.4 cm³/mol. The Morgan fingerprint density at radius 1 is 1.50 bits per heavy atom. The summed E-state index contributed by atoms with van der Waals surface area (Å²) in [4.78, 5) is 16.8. The average Bonchev–Trinajstić information content (AvgIpc) is 3.28. The van der Waals surface area contributed by atoms with Crippen LogP contribution in [0.1, 0.15) is 34.9 Å². The van der Waals surface area contributed by atoms with Crippen molar-refractivity contribution in [2.75, 3.05) is 19.3 Å². The Bertz CT molecular complexity index is 924. The van der Waals surface area contributed by atoms with Crippen molar-refractivity contribution < 1.29 is 17.7 Å². The molecule has 0 spiro atoms. The van der Waals surface area contributed by atoms with E-state index in [1.165, 1.54) is 21.9 Å². The molecule has 4 rings (SSSR count). The Balaban J connectivity index is 1.60. The molecule has 3 atom stereocenters. The fourth-order valence-corrected chi connectivity index (χ4v) is 5.73. The van der Waals surface area contributed by atoms with E-state index in [1.54, 1.807) is 13.0 Å². The van der Waals surface area contributed by atoms with Gasteiger partial charge >= 0.3 is 0 Å². The second-order valence-corrected chi connectivity index (χ2v) is 9.94. The number of carbonyl (C=O) groups is 1. The second-order valence-electron chi connectivity index (χ2n) is 7.18. The third-order valence-corrected chi connectivity index (χ3v) is 7.28. The van der Waals surface area contributed by atoms with E-state index in [9.17, 15) is 13.2 Å². The molecule has 1 saturated carbocycles. The van der Waals surface area contributed by atoms with Crippen molar-refractivity contribution in [2.24, 2.45) is 5.92 Å². The van der Waals surface area contributed by atoms with E-state index >= 15 is 0 Å². The van der Waals surface area contributed by atoms with Crippen LogP contribution in [0.4, 0.5) is 0 Å². The van der Waals surface area contributed by atoms with Crippen LogP contribution in [0.3, 0.4) is 0 Å². The Kier molecular flexibility index (Phi) is 4.16. The molecule has 26 heavy (non-hydrogen) atoms. The van der Waals surface area contributed by atoms with Crippen LogP contribution in [0.25, 0.3) is 0 Å². The Hall–Kier alpha value is -1.78. The number of fused-ring (bicyclic) bond motifs is 1. The number of carbonyl (C=O) groups excluding carboxylic acids is 1. The molecule has 3 heterocycles. The van der Waals surface area contributed by atoms with Crippen LogP contribution in [0.15, 0.2) is 21.3 Å². The van der Waals surface area contributed by atoms with Gasteiger partial charge in [0.25, 0.3) is 5.91 Å². The minimum absolute atomic E-state index is 0.0323. The summed E-state index contributed by atoms with van der Waals surface area (Å²) in [5, 5.41) is 10.6. The number of nitrogens with zero attached hydrogens (tertiary/aromatic N) is 3. The van der Waals surface area contributed by atoms with Gasteiger partial charge in [-0.2, -0.15) is 16.3 Å². The molecule has 1 N–H and O–H groups in total. The highest BCUT2D eigenvalue weighted by molar-refractivity contribution is 7.88. The van der Waals surface area contributed by atoms with Crippen molar-refractivity contribution in [3.8, 4) is 0 Å². The monoisotopic (exact) mass is 396 g/mol. The number of amides is 1. The van der Waals surface area contributed by atoms with E-state index in [4.69, 9.17) is 4.52 Å². The lowest BCUT2D eigenvalue weighted by atomic mass is 9.80. The maximum atomic E-state index is 12.4. The highest BCUT2D eigenvalue weighted by atomic mass is 32.2. The molecule has 0 unspecified atom stereocenters. The van der Waals surface area contributed by atoms with Crippen LogP contribution in [-0.4, -0.2) is 54.2 Å². The van der Waals surface area contributed by atoms with Gasteiger partial charge in [0.1, 0.15) is 0 Å². The van der Waals surface area contributed by atoms with Crippen molar-refractivity contribution in [1.29, 1.82) is 0 Å². The van der Waals surface area contributed by atoms with Crippen LogP contribution in [0, 0.1) is 12.8 Å². The fraction of sp³-hybridized carbons (Fsp3) is 0.562. The van der Waals surface area contributed by atoms with E-state index < -0.39 is 15.4 Å². The molecular weight excluding hydrogens is 376 g/mol. The Morgan fingerprint density at radius 2 is 2.31 bits per heavy atom. The second kappa shape index (κ2) is 6.14. The molecule has 0 aromatic carbocycles. The minimum atomic E-state index is -3.30. The van der Waals surface area contributed by atoms with Gasteiger partial charge in [-0.1, -0.05) is 5.16 Å². The number of hydrogen-bond donors (Lipinski definition) is 1. The summed E-state index contributed by atoms with van der Waals surface area (Å²) in [5.41, 5.74) is 0.101. The number of rotatable bonds is 4. The molecule has 2 aliphatic rings. The lowest BCUT2D eigenvalue weighted by molar-refractivity contribution is 0.0935. The van der Waals surface area contributed by atoms with Crippen LogP contribution in [0.5, 0.6) is 0 Å². The molecule has 1 aliphatic carbocycles. The van der Waals surface area contributed by atoms with Crippen molar-refractivity contribution in [2.45, 2.75) is 31.2 Å². The lowest BCUT2D eigenvalue weighted by Crippen LogP contribution is -2.39. The van der Waals surface area contributed by atoms with Gasteiger partial charge in [0.05, 0.1) is 11.7 Å². The summed E-state index contributed by atoms with van der Waals surface area (Å²) >= 11 is 1.48. The summed E-state index contributed by atoms with van der Waals surface area (Å²) in [7, 11) is -3.30. The van der Waals surface area contributed by atoms with E-state index in [1.807, 2.05) is 10.8 Å². The molecule has 10 heteroatoms. The molecule has 1 aliphatic heterocycles. The molecule has 0 radical (unpaired) electrons. The lowest BCUT2D eigenvalue weighted by Gasteiger charge is -2.24. The maximum Gasteiger partial charge on any atom is 0.252 e. The van der Waals surface area contributed by atoms with Gasteiger partial charge in [-0.05, 0) is 37.1 Å². The van der Waals surface area contributed by atoms with Crippen LogP contribution >= 0.6 is 11.3 Å². The highest BCUT2D eigenvalue weighted by Crippen LogP contribution is 2.50. The van der Waals surface area contributed by atoms with Crippen LogP contribution in [-0.2, 0) is 15.4 Å². The van der Waals surface area contributed by atoms with Gasteiger partial charge < -0.3 is 9.84 Å². The van der Waals surface area contributed by atoms with E-state index in [0.29, 0.717) is 43.2 Å². The zero-order valence-electron chi connectivity index (χ0n) is 14.5. The zero-order valence-corrected chi connectivity index (χ0v) is 16.1. The standard InChI is InChI=1S/C16H20N4O4S2/c1-10-17-15(24-19-10)16-6-13(18-14(21)11-3-4-25-8-11)5-12(16)7-20(9-16)26(2,22)23/h3-4,8,12-13H,5-7,9H2,1-2H3,(H,18,21)/t12-,13+,16-/m0/s1. The summed E-state index contributed by atoms with van der Waals surface area (Å²) in [5.74, 6) is 0.924. The Labute approximate surface area is 155 Å². The number of thiophene rings is 1. The van der Waals surface area contributed by atoms with Crippen molar-refractivity contribution in [1.82, 2.24) is 19.8 Å². The number of aryl methyl sites for hydroxylation is 1. The largest absolute Gasteiger partial charge is 0.349 e. The quantitative estimate of drug-likeness (QED) is 0.831. The summed E-state index contributed by atoms with van der Waals surface area (Å²) in [6.45, 7) is 2.46. The smallest absolute Gasteiger partial charge is 0.252 e. The van der Waals surface area contributed by atoms with Crippen molar-refractivity contribution in [3.63, 3.8) is 0 Å². The van der Waals surface area contributed by atoms with Crippen molar-refractivity contribution in [3.05, 3.63) is 34.1 Å². The van der Waals surface area contributed by atoms with Gasteiger partial charge in [-0.25, -0.2) is 12.7 Å². The SMILES string of the molecule is Cc1noc([C@]23C[C@H](NC(=O)c4ccsc4)C[C@H]2CN(S(C)(=O)=O)C3)n1. The zero-order chi connectivity index (χ0) is 18.5. The first kappa shape index (κ1) is 17.6. The third-order valence-electron chi connectivity index (χ3n) is 5.38. The number of sulfonamides is 1. The molecule has 1 amide bonds. The predicted octanol–water partition coefficient (Wildman–Crippen LogP) is 1.16. The maximum absolute atomic E-state index is 12.4. The van der Waals surface area contributed by atoms with Gasteiger partial charge in [-0.15, -0.1) is 0 Å². The number of aromatic nitrogens is 2. The summed E-state index contributed by atoms with van der Waals surface area (Å²) < 4.78 is 31.0. The van der Waals surface area contributed by atoms with Crippen LogP contribution < -0.4 is 5.32 Å². The van der Waals surface area contributed by atoms with E-state index in [0.717, 1.165) is 0 Å². The van der Waals surface area contributed by atoms with Crippen molar-refractivity contribution >= 4 is 27.3 Å². The first-order valence-electron chi connectivity index (χ1n) is 8.37. The molecule has 2 aromatic heterocycles. The average molecular weight is 396 g/mol. The van der Waals surface area contributed by atoms with E-state index in [-0.39, 0.29) is 17.9 Å². The van der Waals surface area contributed by atoms with Gasteiger partial charge in [0.2, 0.25) is 15.9 Å². The molecule has 0 bridgehead atoms. The van der Waals surface area contributed by atoms with Gasteiger partial charge in [0, 0.05) is 30.1 Å². The molecule has 140 valence electrons. The topological polar surface area (TPSA) is 105 Å². The van der Waals surface area contributed by atoms with Crippen LogP contribution in [0.2, 0.25) is 0 Å². The summed E-state index contributed by atoms with van der Waals surface area (Å²) in [6, 6.07) is 1.74. The highest BCUT2D eigenvalue weighted by Gasteiger charge is 2.58. The molecule has 8 nitrogen and oxygen atoms in total. The normalized spacial score (nSPS) is 29.0. The molecule has 1 saturated heterocycles. The molecular formula is C16H20N4O4S2. The minimum Gasteiger partial charge on any atom is -0.349 e. The Morgan fingerprint density at radius 3 is 2.92 bits per heavy atom. The molecule has 2 aromatic rings. The first-order chi connectivity index (χ1) is 12.3. The fourth-order valence-electron chi connectivity index (χ4n) is 4.18. The first-order valence-corrected chi connectivity index (χ1v) is 11.2.